The Bertz CT molecular complexity index is 938. The van der Waals surface area contributed by atoms with Gasteiger partial charge in [0.05, 0.1) is 19.4 Å². The number of nitrogens with zero attached hydrogens (tertiary/aromatic N) is 1. The van der Waals surface area contributed by atoms with Crippen LogP contribution in [0.3, 0.4) is 0 Å². The Hall–Kier alpha value is -2.99. The van der Waals surface area contributed by atoms with Crippen LogP contribution in [-0.2, 0) is 4.79 Å². The Balaban J connectivity index is 0.00000117. The molecule has 0 aliphatic carbocycles. The first-order valence-electron chi connectivity index (χ1n) is 9.61. The van der Waals surface area contributed by atoms with E-state index in [1.165, 1.54) is 0 Å². The molecule has 2 aliphatic rings. The van der Waals surface area contributed by atoms with Gasteiger partial charge in [0.2, 0.25) is 0 Å². The van der Waals surface area contributed by atoms with Gasteiger partial charge in [-0.05, 0) is 42.5 Å². The number of carbonyl (C=O) groups is 1. The van der Waals surface area contributed by atoms with E-state index in [2.05, 4.69) is 20.9 Å². The summed E-state index contributed by atoms with van der Waals surface area (Å²) in [4.78, 5) is 16.7. The van der Waals surface area contributed by atoms with Gasteiger partial charge in [-0.2, -0.15) is 0 Å². The monoisotopic (exact) mass is 412 g/mol. The molecule has 1 atom stereocenters. The first-order chi connectivity index (χ1) is 14.1. The summed E-state index contributed by atoms with van der Waals surface area (Å²) in [6.45, 7) is 4.27. The molecule has 2 aliphatic heterocycles. The third-order valence-electron chi connectivity index (χ3n) is 4.49. The number of allylic oxidation sites excluding steroid dienone is 1. The Morgan fingerprint density at radius 1 is 1.17 bits per heavy atom. The number of halogens is 1. The summed E-state index contributed by atoms with van der Waals surface area (Å²) >= 11 is 6.13. The summed E-state index contributed by atoms with van der Waals surface area (Å²) < 4.78 is 5.18. The first-order valence-corrected chi connectivity index (χ1v) is 9.99. The topological polar surface area (TPSA) is 74.8 Å². The van der Waals surface area contributed by atoms with Gasteiger partial charge in [0, 0.05) is 40.2 Å². The van der Waals surface area contributed by atoms with Gasteiger partial charge in [-0.1, -0.05) is 25.4 Å². The smallest absolute Gasteiger partial charge is 0.194 e. The average Bonchev–Trinajstić information content (AvgIpc) is 2.74. The number of carbonyl (C=O) groups excluding carboxylic acids is 1. The maximum atomic E-state index is 12.2. The molecule has 152 valence electrons. The van der Waals surface area contributed by atoms with Crippen LogP contribution >= 0.6 is 11.6 Å². The number of anilines is 2. The zero-order valence-electron chi connectivity index (χ0n) is 16.8. The number of ether oxygens (including phenoxy) is 1. The highest BCUT2D eigenvalue weighted by Gasteiger charge is 2.23. The number of Topliss-reactive ketones (excluding diaryl/α,β-unsaturated/α-hetero) is 1. The van der Waals surface area contributed by atoms with E-state index >= 15 is 0 Å². The first kappa shape index (κ1) is 20.7. The average molecular weight is 413 g/mol. The van der Waals surface area contributed by atoms with Gasteiger partial charge in [0.25, 0.3) is 0 Å². The van der Waals surface area contributed by atoms with Crippen molar-refractivity contribution >= 4 is 40.7 Å². The van der Waals surface area contributed by atoms with Crippen molar-refractivity contribution in [3.8, 4) is 5.75 Å². The van der Waals surface area contributed by atoms with Gasteiger partial charge in [0.15, 0.2) is 12.1 Å². The van der Waals surface area contributed by atoms with Crippen LogP contribution in [0.15, 0.2) is 53.0 Å². The van der Waals surface area contributed by atoms with Crippen molar-refractivity contribution in [2.75, 3.05) is 24.3 Å². The van der Waals surface area contributed by atoms with E-state index in [0.29, 0.717) is 11.4 Å². The highest BCUT2D eigenvalue weighted by molar-refractivity contribution is 6.31. The maximum absolute atomic E-state index is 12.2. The fraction of sp³-hybridized carbons (Fsp3) is 0.273. The normalized spacial score (nSPS) is 17.4. The minimum Gasteiger partial charge on any atom is -0.497 e. The van der Waals surface area contributed by atoms with E-state index in [1.807, 2.05) is 56.3 Å². The van der Waals surface area contributed by atoms with Gasteiger partial charge < -0.3 is 20.7 Å². The molecule has 1 unspecified atom stereocenters. The number of hydrogen-bond acceptors (Lipinski definition) is 6. The minimum atomic E-state index is -0.352. The van der Waals surface area contributed by atoms with E-state index in [4.69, 9.17) is 16.3 Å². The number of methoxy groups -OCH3 is 1. The van der Waals surface area contributed by atoms with E-state index in [0.717, 1.165) is 34.0 Å². The van der Waals surface area contributed by atoms with E-state index < -0.39 is 0 Å². The summed E-state index contributed by atoms with van der Waals surface area (Å²) in [5.41, 5.74) is 4.45. The van der Waals surface area contributed by atoms with Crippen LogP contribution in [0.5, 0.6) is 5.75 Å². The van der Waals surface area contributed by atoms with E-state index in [1.54, 1.807) is 13.3 Å². The number of ketones is 1. The van der Waals surface area contributed by atoms with Crippen molar-refractivity contribution in [3.05, 3.63) is 58.6 Å². The molecule has 3 N–H and O–H groups in total. The molecule has 0 fully saturated rings. The lowest BCUT2D eigenvalue weighted by molar-refractivity contribution is -0.116. The Labute approximate surface area is 176 Å². The van der Waals surface area contributed by atoms with Gasteiger partial charge in [-0.15, -0.1) is 0 Å². The Morgan fingerprint density at radius 2 is 1.93 bits per heavy atom. The maximum Gasteiger partial charge on any atom is 0.194 e. The van der Waals surface area contributed by atoms with Crippen molar-refractivity contribution < 1.29 is 9.53 Å². The summed E-state index contributed by atoms with van der Waals surface area (Å²) in [7, 11) is 1.64. The summed E-state index contributed by atoms with van der Waals surface area (Å²) in [5.74, 6) is 0.893. The molecule has 0 aromatic heterocycles. The van der Waals surface area contributed by atoms with Gasteiger partial charge in [0.1, 0.15) is 5.75 Å². The molecule has 0 radical (unpaired) electrons. The number of nitrogens with one attached hydrogen (secondary N) is 3. The number of aliphatic imine (C=N–C) groups is 1. The molecule has 0 saturated carbocycles. The molecule has 2 aromatic rings. The number of rotatable bonds is 3. The second kappa shape index (κ2) is 9.47. The second-order valence-electron chi connectivity index (χ2n) is 6.36. The molecule has 0 saturated heterocycles. The zero-order valence-corrected chi connectivity index (χ0v) is 17.5. The van der Waals surface area contributed by atoms with Crippen LogP contribution in [0, 0.1) is 0 Å². The molecule has 4 rings (SSSR count). The minimum absolute atomic E-state index is 0.0999. The van der Waals surface area contributed by atoms with Crippen molar-refractivity contribution in [2.24, 2.45) is 4.99 Å². The van der Waals surface area contributed by atoms with Crippen LogP contribution in [0.25, 0.3) is 5.70 Å². The van der Waals surface area contributed by atoms with Crippen molar-refractivity contribution in [1.29, 1.82) is 0 Å². The zero-order chi connectivity index (χ0) is 20.8. The molecule has 2 aromatic carbocycles. The SMILES string of the molecule is CC.COc1ccc(NC2N=CC3=C(N2)c2ccc(Cl)cc2NCC(=O)C3)cc1. The quantitative estimate of drug-likeness (QED) is 0.690. The molecule has 6 nitrogen and oxygen atoms in total. The predicted octanol–water partition coefficient (Wildman–Crippen LogP) is 4.54. The molecule has 7 heteroatoms. The predicted molar refractivity (Wildman–Crippen MR) is 120 cm³/mol. The largest absolute Gasteiger partial charge is 0.497 e. The molecule has 0 bridgehead atoms. The second-order valence-corrected chi connectivity index (χ2v) is 6.79. The molecular formula is C22H25ClN4O2. The molecule has 0 amide bonds. The lowest BCUT2D eigenvalue weighted by atomic mass is 9.98. The lowest BCUT2D eigenvalue weighted by Gasteiger charge is -2.28. The van der Waals surface area contributed by atoms with Crippen molar-refractivity contribution in [2.45, 2.75) is 26.6 Å². The highest BCUT2D eigenvalue weighted by atomic mass is 35.5. The molecule has 0 spiro atoms. The van der Waals surface area contributed by atoms with Crippen LogP contribution in [0.4, 0.5) is 11.4 Å². The number of hydrogen-bond donors (Lipinski definition) is 3. The molecule has 29 heavy (non-hydrogen) atoms. The standard InChI is InChI=1S/C20H19ClN4O2.C2H6/c1-27-16-5-3-14(4-6-16)24-20-23-10-12-8-15(26)11-22-18-9-13(21)2-7-17(18)19(12)25-20;1-2/h2-7,9-10,20,22,24-25H,8,11H2,1H3;1-2H3. The number of benzene rings is 2. The third-order valence-corrected chi connectivity index (χ3v) is 4.72. The van der Waals surface area contributed by atoms with E-state index in [-0.39, 0.29) is 18.6 Å². The lowest BCUT2D eigenvalue weighted by Crippen LogP contribution is -2.38. The third kappa shape index (κ3) is 4.90. The van der Waals surface area contributed by atoms with Crippen LogP contribution in [-0.4, -0.2) is 31.9 Å². The summed E-state index contributed by atoms with van der Waals surface area (Å²) in [6.07, 6.45) is 1.75. The Kier molecular flexibility index (Phi) is 6.77. The fourth-order valence-electron chi connectivity index (χ4n) is 3.15. The van der Waals surface area contributed by atoms with Crippen molar-refractivity contribution in [3.63, 3.8) is 0 Å². The molecule has 2 heterocycles. The summed E-state index contributed by atoms with van der Waals surface area (Å²) in [6, 6.07) is 13.2. The van der Waals surface area contributed by atoms with Crippen LogP contribution in [0.1, 0.15) is 25.8 Å². The van der Waals surface area contributed by atoms with Gasteiger partial charge in [-0.25, -0.2) is 4.99 Å². The summed E-state index contributed by atoms with van der Waals surface area (Å²) in [5, 5.41) is 10.5. The fourth-order valence-corrected chi connectivity index (χ4v) is 3.32. The Morgan fingerprint density at radius 3 is 2.66 bits per heavy atom. The van der Waals surface area contributed by atoms with Crippen molar-refractivity contribution in [1.82, 2.24) is 5.32 Å². The van der Waals surface area contributed by atoms with E-state index in [9.17, 15) is 4.79 Å². The molecular weight excluding hydrogens is 388 g/mol. The van der Waals surface area contributed by atoms with Gasteiger partial charge >= 0.3 is 0 Å². The van der Waals surface area contributed by atoms with Gasteiger partial charge in [-0.3, -0.25) is 4.79 Å². The highest BCUT2D eigenvalue weighted by Crippen LogP contribution is 2.32. The van der Waals surface area contributed by atoms with Crippen LogP contribution in [0.2, 0.25) is 5.02 Å². The van der Waals surface area contributed by atoms with Crippen LogP contribution < -0.4 is 20.7 Å². The number of fused-ring (bicyclic) bond motifs is 2.